The second-order valence-electron chi connectivity index (χ2n) is 9.28. The van der Waals surface area contributed by atoms with Crippen LogP contribution in [0.2, 0.25) is 0 Å². The first kappa shape index (κ1) is 24.2. The lowest BCUT2D eigenvalue weighted by Crippen LogP contribution is -2.45. The minimum absolute atomic E-state index is 0.358. The van der Waals surface area contributed by atoms with E-state index in [0.29, 0.717) is 5.84 Å². The van der Waals surface area contributed by atoms with Crippen LogP contribution in [0.3, 0.4) is 0 Å². The first-order chi connectivity index (χ1) is 16.9. The number of nitrogens with zero attached hydrogens (tertiary/aromatic N) is 1. The van der Waals surface area contributed by atoms with E-state index < -0.39 is 5.41 Å². The van der Waals surface area contributed by atoms with Gasteiger partial charge in [-0.25, -0.2) is 0 Å². The standard InChI is InChI=1S/C31H34N4/c1-5-9-27-24-14-7-12-22(18-24)10-6-11-23-13-8-15-25(19-23)31(21-32,30(33)35(3)4)26-16-17-29(34-2)28(27)20-26/h5,7-9,12-21,32-34H,1,6,10-11H2,2-4H3/b27-9-,32-21?,33-30?. The van der Waals surface area contributed by atoms with Gasteiger partial charge in [-0.3, -0.25) is 5.41 Å². The molecule has 0 spiro atoms. The quantitative estimate of drug-likeness (QED) is 0.314. The molecule has 6 bridgehead atoms. The number of hydrogen-bond donors (Lipinski definition) is 3. The number of rotatable bonds is 4. The number of aryl methyl sites for hydroxylation is 2. The van der Waals surface area contributed by atoms with E-state index in [1.165, 1.54) is 17.3 Å². The summed E-state index contributed by atoms with van der Waals surface area (Å²) in [5, 5.41) is 21.2. The summed E-state index contributed by atoms with van der Waals surface area (Å²) in [6.07, 6.45) is 8.27. The smallest absolute Gasteiger partial charge is 0.116 e. The summed E-state index contributed by atoms with van der Waals surface area (Å²) in [7, 11) is 5.67. The van der Waals surface area contributed by atoms with Crippen LogP contribution >= 0.6 is 0 Å². The lowest BCUT2D eigenvalue weighted by Gasteiger charge is -2.36. The molecule has 1 aliphatic carbocycles. The summed E-state index contributed by atoms with van der Waals surface area (Å²) in [6, 6.07) is 23.4. The van der Waals surface area contributed by atoms with E-state index in [2.05, 4.69) is 72.6 Å². The number of amidine groups is 1. The Bertz CT molecular complexity index is 1300. The molecule has 4 rings (SSSR count). The van der Waals surface area contributed by atoms with Crippen molar-refractivity contribution in [1.29, 1.82) is 10.8 Å². The van der Waals surface area contributed by atoms with Gasteiger partial charge in [0, 0.05) is 38.6 Å². The summed E-state index contributed by atoms with van der Waals surface area (Å²) in [5.41, 5.74) is 7.58. The van der Waals surface area contributed by atoms with Gasteiger partial charge in [-0.1, -0.05) is 73.3 Å². The van der Waals surface area contributed by atoms with Gasteiger partial charge in [0.25, 0.3) is 0 Å². The van der Waals surface area contributed by atoms with E-state index >= 15 is 0 Å². The molecule has 1 atom stereocenters. The zero-order chi connectivity index (χ0) is 25.0. The van der Waals surface area contributed by atoms with Crippen LogP contribution in [0.15, 0.2) is 85.5 Å². The molecule has 35 heavy (non-hydrogen) atoms. The molecule has 1 aliphatic rings. The average molecular weight is 463 g/mol. The van der Waals surface area contributed by atoms with E-state index in [0.717, 1.165) is 52.8 Å². The second kappa shape index (κ2) is 10.1. The Hall–Kier alpha value is -3.92. The lowest BCUT2D eigenvalue weighted by molar-refractivity contribution is 0.577. The summed E-state index contributed by atoms with van der Waals surface area (Å²) < 4.78 is 0. The number of likely N-dealkylation sites (N-methyl/N-ethyl adjacent to an activating group) is 1. The third kappa shape index (κ3) is 4.44. The van der Waals surface area contributed by atoms with Crippen LogP contribution in [0, 0.1) is 10.8 Å². The molecule has 4 heteroatoms. The Morgan fingerprint density at radius 3 is 2.31 bits per heavy atom. The predicted octanol–water partition coefficient (Wildman–Crippen LogP) is 6.31. The SMILES string of the molecule is C=C/C=C1/c2cccc(c2)CCCc2cccc(c2)C(C=N)(C(=N)N(C)C)c2ccc(NC)c1c2. The summed E-state index contributed by atoms with van der Waals surface area (Å²) in [6.45, 7) is 3.99. The molecule has 3 N–H and O–H groups in total. The number of allylic oxidation sites excluding steroid dienone is 2. The van der Waals surface area contributed by atoms with Gasteiger partial charge in [-0.2, -0.15) is 0 Å². The molecule has 1 unspecified atom stereocenters. The van der Waals surface area contributed by atoms with Crippen molar-refractivity contribution >= 4 is 23.3 Å². The summed E-state index contributed by atoms with van der Waals surface area (Å²) in [5.74, 6) is 0.358. The normalized spacial score (nSPS) is 18.3. The van der Waals surface area contributed by atoms with E-state index in [1.54, 1.807) is 4.90 Å². The van der Waals surface area contributed by atoms with Crippen LogP contribution in [-0.2, 0) is 18.3 Å². The summed E-state index contributed by atoms with van der Waals surface area (Å²) in [4.78, 5) is 1.80. The Kier molecular flexibility index (Phi) is 7.02. The highest BCUT2D eigenvalue weighted by atomic mass is 15.1. The van der Waals surface area contributed by atoms with Crippen LogP contribution in [-0.4, -0.2) is 38.1 Å². The van der Waals surface area contributed by atoms with Crippen LogP contribution in [0.4, 0.5) is 5.69 Å². The maximum atomic E-state index is 9.16. The van der Waals surface area contributed by atoms with Gasteiger partial charge in [0.05, 0.1) is 0 Å². The number of fused-ring (bicyclic) bond motifs is 6. The minimum atomic E-state index is -1.01. The Balaban J connectivity index is 2.10. The largest absolute Gasteiger partial charge is 0.388 e. The van der Waals surface area contributed by atoms with E-state index in [-0.39, 0.29) is 0 Å². The van der Waals surface area contributed by atoms with Gasteiger partial charge in [-0.05, 0) is 64.8 Å². The molecule has 0 saturated carbocycles. The number of nitrogens with one attached hydrogen (secondary N) is 3. The molecular weight excluding hydrogens is 428 g/mol. The topological polar surface area (TPSA) is 63.0 Å². The third-order valence-electron chi connectivity index (χ3n) is 6.91. The zero-order valence-electron chi connectivity index (χ0n) is 20.9. The van der Waals surface area contributed by atoms with Gasteiger partial charge in [0.1, 0.15) is 11.3 Å². The summed E-state index contributed by atoms with van der Waals surface area (Å²) >= 11 is 0. The van der Waals surface area contributed by atoms with Gasteiger partial charge in [0.2, 0.25) is 0 Å². The van der Waals surface area contributed by atoms with Crippen molar-refractivity contribution in [2.45, 2.75) is 24.7 Å². The van der Waals surface area contributed by atoms with Gasteiger partial charge in [-0.15, -0.1) is 0 Å². The molecule has 0 heterocycles. The first-order valence-electron chi connectivity index (χ1n) is 12.1. The molecule has 178 valence electrons. The second-order valence-corrected chi connectivity index (χ2v) is 9.28. The molecule has 0 amide bonds. The molecule has 0 fully saturated rings. The lowest BCUT2D eigenvalue weighted by atomic mass is 9.72. The van der Waals surface area contributed by atoms with Gasteiger partial charge in [0.15, 0.2) is 0 Å². The highest BCUT2D eigenvalue weighted by Gasteiger charge is 2.39. The molecule has 0 aliphatic heterocycles. The van der Waals surface area contributed by atoms with Crippen LogP contribution in [0.1, 0.15) is 39.8 Å². The molecule has 4 nitrogen and oxygen atoms in total. The van der Waals surface area contributed by atoms with Gasteiger partial charge < -0.3 is 15.6 Å². The molecule has 0 aromatic heterocycles. The number of benzene rings is 3. The van der Waals surface area contributed by atoms with Crippen molar-refractivity contribution in [2.75, 3.05) is 26.5 Å². The fourth-order valence-corrected chi connectivity index (χ4v) is 5.08. The van der Waals surface area contributed by atoms with Gasteiger partial charge >= 0.3 is 0 Å². The van der Waals surface area contributed by atoms with Crippen molar-refractivity contribution in [3.05, 3.63) is 119 Å². The van der Waals surface area contributed by atoms with Crippen LogP contribution in [0.25, 0.3) is 5.57 Å². The highest BCUT2D eigenvalue weighted by molar-refractivity contribution is 6.09. The van der Waals surface area contributed by atoms with Crippen LogP contribution < -0.4 is 5.32 Å². The molecule has 0 radical (unpaired) electrons. The van der Waals surface area contributed by atoms with Crippen molar-refractivity contribution in [2.24, 2.45) is 0 Å². The Morgan fingerprint density at radius 2 is 1.66 bits per heavy atom. The predicted molar refractivity (Wildman–Crippen MR) is 149 cm³/mol. The molecular formula is C31H34N4. The molecule has 3 aromatic carbocycles. The maximum absolute atomic E-state index is 9.16. The van der Waals surface area contributed by atoms with E-state index in [1.807, 2.05) is 39.4 Å². The van der Waals surface area contributed by atoms with E-state index in [9.17, 15) is 0 Å². The first-order valence-corrected chi connectivity index (χ1v) is 12.1. The zero-order valence-corrected chi connectivity index (χ0v) is 20.9. The van der Waals surface area contributed by atoms with Crippen molar-refractivity contribution in [1.82, 2.24) is 4.90 Å². The van der Waals surface area contributed by atoms with E-state index in [4.69, 9.17) is 10.8 Å². The number of anilines is 1. The fraction of sp³-hybridized carbons (Fsp3) is 0.226. The molecule has 0 saturated heterocycles. The van der Waals surface area contributed by atoms with Crippen LogP contribution in [0.5, 0.6) is 0 Å². The highest BCUT2D eigenvalue weighted by Crippen LogP contribution is 2.39. The van der Waals surface area contributed by atoms with Crippen molar-refractivity contribution < 1.29 is 0 Å². The van der Waals surface area contributed by atoms with Crippen molar-refractivity contribution in [3.8, 4) is 0 Å². The monoisotopic (exact) mass is 462 g/mol. The minimum Gasteiger partial charge on any atom is -0.388 e. The average Bonchev–Trinajstić information content (AvgIpc) is 2.88. The maximum Gasteiger partial charge on any atom is 0.116 e. The van der Waals surface area contributed by atoms with Crippen molar-refractivity contribution in [3.63, 3.8) is 0 Å². The molecule has 3 aromatic rings. The fourth-order valence-electron chi connectivity index (χ4n) is 5.08. The number of hydrogen-bond acceptors (Lipinski definition) is 3. The Morgan fingerprint density at radius 1 is 0.971 bits per heavy atom. The Labute approximate surface area is 209 Å². The third-order valence-corrected chi connectivity index (χ3v) is 6.91.